The Morgan fingerprint density at radius 1 is 1.19 bits per heavy atom. The van der Waals surface area contributed by atoms with Crippen LogP contribution in [-0.4, -0.2) is 21.9 Å². The van der Waals surface area contributed by atoms with Gasteiger partial charge in [-0.2, -0.15) is 18.3 Å². The highest BCUT2D eigenvalue weighted by Gasteiger charge is 2.46. The molecule has 1 aliphatic heterocycles. The number of amides is 1. The molecule has 5 nitrogen and oxygen atoms in total. The van der Waals surface area contributed by atoms with Crippen LogP contribution in [0, 0.1) is 5.82 Å². The van der Waals surface area contributed by atoms with Crippen LogP contribution in [0.25, 0.3) is 0 Å². The van der Waals surface area contributed by atoms with Gasteiger partial charge >= 0.3 is 6.18 Å². The Bertz CT molecular complexity index is 1130. The molecule has 1 aliphatic rings. The summed E-state index contributed by atoms with van der Waals surface area (Å²) in [5.74, 6) is -1.44. The average Bonchev–Trinajstić information content (AvgIpc) is 3.14. The SMILES string of the molecule is O=C(Nc1ccc(Cl)c(F)c1)c1cc2n(n1)[C@H](C(F)(F)F)C[C@H](c1ccc(Br)cc1)N2. The van der Waals surface area contributed by atoms with Crippen molar-refractivity contribution in [3.63, 3.8) is 0 Å². The summed E-state index contributed by atoms with van der Waals surface area (Å²) in [5.41, 5.74) is 0.544. The number of nitrogens with one attached hydrogen (secondary N) is 2. The van der Waals surface area contributed by atoms with Crippen LogP contribution in [0.4, 0.5) is 29.1 Å². The molecule has 2 heterocycles. The van der Waals surface area contributed by atoms with Gasteiger partial charge in [-0.15, -0.1) is 0 Å². The molecular formula is C20H14BrClF4N4O. The van der Waals surface area contributed by atoms with E-state index in [9.17, 15) is 22.4 Å². The van der Waals surface area contributed by atoms with Gasteiger partial charge in [0.25, 0.3) is 5.91 Å². The number of benzene rings is 2. The molecule has 0 saturated heterocycles. The van der Waals surface area contributed by atoms with E-state index in [1.807, 2.05) is 0 Å². The van der Waals surface area contributed by atoms with Gasteiger partial charge in [0, 0.05) is 22.6 Å². The van der Waals surface area contributed by atoms with Crippen LogP contribution in [0.2, 0.25) is 5.02 Å². The molecule has 2 N–H and O–H groups in total. The molecule has 0 aliphatic carbocycles. The van der Waals surface area contributed by atoms with E-state index >= 15 is 0 Å². The molecular weight excluding hydrogens is 504 g/mol. The first kappa shape index (κ1) is 21.6. The molecule has 31 heavy (non-hydrogen) atoms. The number of nitrogens with zero attached hydrogens (tertiary/aromatic N) is 2. The highest BCUT2D eigenvalue weighted by molar-refractivity contribution is 9.10. The Kier molecular flexibility index (Phi) is 5.69. The van der Waals surface area contributed by atoms with Gasteiger partial charge in [-0.1, -0.05) is 39.7 Å². The number of fused-ring (bicyclic) bond motifs is 1. The van der Waals surface area contributed by atoms with E-state index in [-0.39, 0.29) is 28.6 Å². The Morgan fingerprint density at radius 3 is 2.55 bits per heavy atom. The second-order valence-corrected chi connectivity index (χ2v) is 8.31. The number of carbonyl (C=O) groups excluding carboxylic acids is 1. The highest BCUT2D eigenvalue weighted by atomic mass is 79.9. The van der Waals surface area contributed by atoms with E-state index in [2.05, 4.69) is 31.7 Å². The van der Waals surface area contributed by atoms with Crippen LogP contribution in [0.1, 0.15) is 34.6 Å². The normalized spacial score (nSPS) is 18.3. The predicted molar refractivity (Wildman–Crippen MR) is 112 cm³/mol. The molecule has 0 unspecified atom stereocenters. The van der Waals surface area contributed by atoms with Crippen LogP contribution in [0.5, 0.6) is 0 Å². The van der Waals surface area contributed by atoms with Crippen LogP contribution < -0.4 is 10.6 Å². The van der Waals surface area contributed by atoms with Gasteiger partial charge < -0.3 is 10.6 Å². The fourth-order valence-electron chi connectivity index (χ4n) is 3.37. The Hall–Kier alpha value is -2.59. The van der Waals surface area contributed by atoms with Crippen molar-refractivity contribution >= 4 is 44.9 Å². The molecule has 11 heteroatoms. The van der Waals surface area contributed by atoms with Gasteiger partial charge in [0.1, 0.15) is 11.6 Å². The van der Waals surface area contributed by atoms with Crippen molar-refractivity contribution in [2.24, 2.45) is 0 Å². The summed E-state index contributed by atoms with van der Waals surface area (Å²) in [7, 11) is 0. The average molecular weight is 518 g/mol. The zero-order chi connectivity index (χ0) is 22.3. The van der Waals surface area contributed by atoms with Crippen molar-refractivity contribution in [3.05, 3.63) is 75.1 Å². The molecule has 1 amide bonds. The third-order valence-electron chi connectivity index (χ3n) is 4.87. The maximum Gasteiger partial charge on any atom is 0.410 e. The minimum Gasteiger partial charge on any atom is -0.363 e. The standard InChI is InChI=1S/C20H14BrClF4N4O/c21-11-3-1-10(2-4-11)15-8-17(20(24,25)26)30-18(28-15)9-16(29-30)19(31)27-12-5-6-13(22)14(23)7-12/h1-7,9,15,17,28H,8H2,(H,27,31)/t15-,17+/m1/s1. The number of aromatic nitrogens is 2. The van der Waals surface area contributed by atoms with Crippen molar-refractivity contribution in [3.8, 4) is 0 Å². The fourth-order valence-corrected chi connectivity index (χ4v) is 3.75. The molecule has 0 radical (unpaired) electrons. The van der Waals surface area contributed by atoms with Gasteiger partial charge in [0.2, 0.25) is 0 Å². The van der Waals surface area contributed by atoms with Crippen molar-refractivity contribution in [2.45, 2.75) is 24.7 Å². The Balaban J connectivity index is 1.63. The Labute approximate surface area is 187 Å². The maximum absolute atomic E-state index is 13.8. The van der Waals surface area contributed by atoms with E-state index in [1.165, 1.54) is 18.2 Å². The highest BCUT2D eigenvalue weighted by Crippen LogP contribution is 2.43. The third-order valence-corrected chi connectivity index (χ3v) is 5.71. The second kappa shape index (κ2) is 8.16. The van der Waals surface area contributed by atoms with E-state index < -0.39 is 30.0 Å². The van der Waals surface area contributed by atoms with Gasteiger partial charge in [-0.05, 0) is 35.9 Å². The lowest BCUT2D eigenvalue weighted by Gasteiger charge is -2.33. The lowest BCUT2D eigenvalue weighted by atomic mass is 9.97. The predicted octanol–water partition coefficient (Wildman–Crippen LogP) is 6.35. The number of alkyl halides is 3. The summed E-state index contributed by atoms with van der Waals surface area (Å²) >= 11 is 8.92. The summed E-state index contributed by atoms with van der Waals surface area (Å²) in [5, 5.41) is 9.18. The smallest absolute Gasteiger partial charge is 0.363 e. The number of anilines is 2. The van der Waals surface area contributed by atoms with E-state index in [1.54, 1.807) is 24.3 Å². The molecule has 2 atom stereocenters. The maximum atomic E-state index is 13.8. The molecule has 2 aromatic carbocycles. The lowest BCUT2D eigenvalue weighted by molar-refractivity contribution is -0.173. The fraction of sp³-hybridized carbons (Fsp3) is 0.200. The number of carbonyl (C=O) groups is 1. The summed E-state index contributed by atoms with van der Waals surface area (Å²) in [6, 6.07) is 9.30. The van der Waals surface area contributed by atoms with Crippen LogP contribution in [0.15, 0.2) is 53.0 Å². The van der Waals surface area contributed by atoms with Gasteiger partial charge in [0.15, 0.2) is 11.7 Å². The molecule has 3 aromatic rings. The number of halogens is 6. The van der Waals surface area contributed by atoms with E-state index in [0.29, 0.717) is 5.56 Å². The monoisotopic (exact) mass is 516 g/mol. The van der Waals surface area contributed by atoms with Gasteiger partial charge in [-0.3, -0.25) is 4.79 Å². The zero-order valence-corrected chi connectivity index (χ0v) is 17.9. The van der Waals surface area contributed by atoms with Crippen molar-refractivity contribution < 1.29 is 22.4 Å². The van der Waals surface area contributed by atoms with Gasteiger partial charge in [0.05, 0.1) is 11.1 Å². The van der Waals surface area contributed by atoms with Crippen LogP contribution in [-0.2, 0) is 0 Å². The molecule has 0 spiro atoms. The molecule has 0 fully saturated rings. The largest absolute Gasteiger partial charge is 0.410 e. The quantitative estimate of drug-likeness (QED) is 0.398. The van der Waals surface area contributed by atoms with Crippen molar-refractivity contribution in [1.29, 1.82) is 0 Å². The summed E-state index contributed by atoms with van der Waals surface area (Å²) in [6.07, 6.45) is -4.85. The summed E-state index contributed by atoms with van der Waals surface area (Å²) < 4.78 is 56.5. The summed E-state index contributed by atoms with van der Waals surface area (Å²) in [6.45, 7) is 0. The van der Waals surface area contributed by atoms with Crippen LogP contribution in [0.3, 0.4) is 0 Å². The number of hydrogen-bond acceptors (Lipinski definition) is 3. The van der Waals surface area contributed by atoms with E-state index in [0.717, 1.165) is 15.2 Å². The minimum absolute atomic E-state index is 0.0638. The number of hydrogen-bond donors (Lipinski definition) is 2. The summed E-state index contributed by atoms with van der Waals surface area (Å²) in [4.78, 5) is 12.5. The molecule has 4 rings (SSSR count). The third kappa shape index (κ3) is 4.54. The first-order valence-corrected chi connectivity index (χ1v) is 10.2. The molecule has 0 saturated carbocycles. The topological polar surface area (TPSA) is 59.0 Å². The first-order chi connectivity index (χ1) is 14.6. The van der Waals surface area contributed by atoms with Crippen LogP contribution >= 0.6 is 27.5 Å². The molecule has 162 valence electrons. The second-order valence-electron chi connectivity index (χ2n) is 6.98. The van der Waals surface area contributed by atoms with Crippen molar-refractivity contribution in [1.82, 2.24) is 9.78 Å². The Morgan fingerprint density at radius 2 is 1.90 bits per heavy atom. The van der Waals surface area contributed by atoms with Crippen molar-refractivity contribution in [2.75, 3.05) is 10.6 Å². The number of rotatable bonds is 3. The van der Waals surface area contributed by atoms with E-state index in [4.69, 9.17) is 11.6 Å². The first-order valence-electron chi connectivity index (χ1n) is 9.06. The zero-order valence-electron chi connectivity index (χ0n) is 15.6. The minimum atomic E-state index is -4.57. The lowest BCUT2D eigenvalue weighted by Crippen LogP contribution is -2.35. The molecule has 0 bridgehead atoms. The van der Waals surface area contributed by atoms with Gasteiger partial charge in [-0.25, -0.2) is 9.07 Å². The molecule has 1 aromatic heterocycles.